The molecule has 83 heavy (non-hydrogen) atoms. The second kappa shape index (κ2) is 39.0. The Morgan fingerprint density at radius 2 is 0.747 bits per heavy atom. The van der Waals surface area contributed by atoms with E-state index in [0.29, 0.717) is 51.4 Å². The molecule has 0 unspecified atom stereocenters. The number of aliphatic hydroxyl groups is 9. The number of amides is 8. The number of hydrogen-bond acceptors (Lipinski definition) is 23. The summed E-state index contributed by atoms with van der Waals surface area (Å²) in [5.41, 5.74) is 0. The summed E-state index contributed by atoms with van der Waals surface area (Å²) < 4.78 is 33.8. The number of aliphatic hydroxyl groups excluding tert-OH is 9. The Kier molecular flexibility index (Phi) is 34.0. The minimum absolute atomic E-state index is 0.0161. The average Bonchev–Trinajstić information content (AvgIpc) is 3.23. The van der Waals surface area contributed by atoms with Gasteiger partial charge in [0.05, 0.1) is 19.8 Å². The van der Waals surface area contributed by atoms with Crippen LogP contribution in [0, 0.1) is 0 Å². The van der Waals surface area contributed by atoms with Gasteiger partial charge in [-0.15, -0.1) is 0 Å². The third-order valence-electron chi connectivity index (χ3n) is 14.0. The lowest BCUT2D eigenvalue weighted by Crippen LogP contribution is -2.64. The normalized spacial score (nSPS) is 28.6. The number of nitrogens with one attached hydrogen (secondary N) is 8. The first kappa shape index (κ1) is 72.4. The standard InChI is InChI=1S/C52H92N8O23/c1-28(64)56-39-45(73)42(70)33(25-61)81-50(39)78-22-12-7-17-36(67)54-20-10-5-15-31(48(76)53-4)60-49(77)32(59-38(69)19-9-14-24-80-52-41(58-30(3)66)47(75)44(72)35(27-63)83-52)16-6-11-21-55-37(68)18-8-13-23-79-51-40(57-29(2)65)46(74)43(71)34(26-62)82-51/h31-35,39-47,50-52,61-63,70-75H,5-27H2,1-4H3,(H,53,76)(H,54,67)(H,55,68)(H,56,64)(H,57,65)(H,58,66)(H,59,69)(H,60,77)/t31-,32-,33+,34+,35+,39+,40+,41+,42-,43-,44-,45+,46+,47+,50+,51+,52+/m0/s1. The van der Waals surface area contributed by atoms with Gasteiger partial charge in [0.1, 0.15) is 85.1 Å². The third-order valence-corrected chi connectivity index (χ3v) is 14.0. The van der Waals surface area contributed by atoms with Crippen LogP contribution in [0.2, 0.25) is 0 Å². The molecule has 0 aromatic carbocycles. The Balaban J connectivity index is 1.50. The molecule has 8 amide bonds. The number of likely N-dealkylation sites (N-methyl/N-ethyl adjacent to an activating group) is 1. The first-order valence-corrected chi connectivity index (χ1v) is 28.4. The molecule has 3 saturated heterocycles. The average molecular weight is 1200 g/mol. The quantitative estimate of drug-likeness (QED) is 0.0256. The molecule has 17 atom stereocenters. The van der Waals surface area contributed by atoms with Crippen molar-refractivity contribution >= 4 is 47.3 Å². The van der Waals surface area contributed by atoms with Gasteiger partial charge in [0.25, 0.3) is 0 Å². The number of carbonyl (C=O) groups is 8. The molecular formula is C52H92N8O23. The molecule has 3 heterocycles. The Hall–Kier alpha value is -4.84. The maximum atomic E-state index is 13.9. The lowest BCUT2D eigenvalue weighted by atomic mass is 9.97. The Bertz CT molecular complexity index is 2000. The van der Waals surface area contributed by atoms with Crippen LogP contribution in [0.4, 0.5) is 0 Å². The zero-order chi connectivity index (χ0) is 61.6. The summed E-state index contributed by atoms with van der Waals surface area (Å²) in [5, 5.41) is 112. The highest BCUT2D eigenvalue weighted by atomic mass is 16.7. The van der Waals surface area contributed by atoms with Crippen molar-refractivity contribution in [2.75, 3.05) is 59.8 Å². The van der Waals surface area contributed by atoms with E-state index in [2.05, 4.69) is 42.5 Å². The predicted octanol–water partition coefficient (Wildman–Crippen LogP) is -6.33. The molecule has 0 aromatic rings. The van der Waals surface area contributed by atoms with Crippen LogP contribution in [0.15, 0.2) is 0 Å². The lowest BCUT2D eigenvalue weighted by molar-refractivity contribution is -0.270. The van der Waals surface area contributed by atoms with Crippen LogP contribution in [-0.2, 0) is 66.8 Å². The second-order valence-corrected chi connectivity index (χ2v) is 20.8. The van der Waals surface area contributed by atoms with Gasteiger partial charge in [0.2, 0.25) is 47.3 Å². The van der Waals surface area contributed by atoms with E-state index in [-0.39, 0.29) is 89.7 Å². The number of carbonyl (C=O) groups excluding carboxylic acids is 8. The molecule has 3 aliphatic heterocycles. The number of hydrogen-bond donors (Lipinski definition) is 17. The van der Waals surface area contributed by atoms with Gasteiger partial charge >= 0.3 is 0 Å². The number of rotatable bonds is 38. The molecule has 31 nitrogen and oxygen atoms in total. The van der Waals surface area contributed by atoms with Crippen LogP contribution in [0.5, 0.6) is 0 Å². The Labute approximate surface area is 482 Å². The fraction of sp³-hybridized carbons (Fsp3) is 0.846. The molecule has 0 aliphatic carbocycles. The predicted molar refractivity (Wildman–Crippen MR) is 287 cm³/mol. The molecule has 3 fully saturated rings. The SMILES string of the molecule is CNC(=O)[C@H](CCCCNC(=O)CCCCO[C@@H]1O[C@H](CO)[C@H](O)[C@H](O)[C@H]1NC(C)=O)NC(=O)[C@H](CCCCNC(=O)CCCCO[C@@H]1O[C@H](CO)[C@H](O)[C@H](O)[C@H]1NC(C)=O)NC(=O)CCCCO[C@@H]1O[C@H](CO)[C@H](O)[C@H](O)[C@H]1NC(C)=O. The van der Waals surface area contributed by atoms with Gasteiger partial charge < -0.3 is 117 Å². The Morgan fingerprint density at radius 1 is 0.422 bits per heavy atom. The van der Waals surface area contributed by atoms with Gasteiger partial charge in [-0.2, -0.15) is 0 Å². The van der Waals surface area contributed by atoms with Crippen LogP contribution in [0.25, 0.3) is 0 Å². The highest BCUT2D eigenvalue weighted by Crippen LogP contribution is 2.25. The van der Waals surface area contributed by atoms with Gasteiger partial charge in [-0.05, 0) is 77.0 Å². The van der Waals surface area contributed by atoms with E-state index in [1.54, 1.807) is 0 Å². The molecule has 3 aliphatic rings. The smallest absolute Gasteiger partial charge is 0.243 e. The number of unbranched alkanes of at least 4 members (excludes halogenated alkanes) is 5. The summed E-state index contributed by atoms with van der Waals surface area (Å²) in [4.78, 5) is 101. The van der Waals surface area contributed by atoms with Crippen molar-refractivity contribution in [3.63, 3.8) is 0 Å². The molecule has 478 valence electrons. The lowest BCUT2D eigenvalue weighted by Gasteiger charge is -2.42. The van der Waals surface area contributed by atoms with Crippen molar-refractivity contribution in [3.05, 3.63) is 0 Å². The molecule has 0 aromatic heterocycles. The van der Waals surface area contributed by atoms with E-state index < -0.39 is 159 Å². The van der Waals surface area contributed by atoms with Crippen molar-refractivity contribution in [1.82, 2.24) is 42.5 Å². The summed E-state index contributed by atoms with van der Waals surface area (Å²) in [6.45, 7) is 2.44. The van der Waals surface area contributed by atoms with E-state index >= 15 is 0 Å². The van der Waals surface area contributed by atoms with E-state index in [0.717, 1.165) is 0 Å². The summed E-state index contributed by atoms with van der Waals surface area (Å²) in [6, 6.07) is -5.46. The first-order valence-electron chi connectivity index (χ1n) is 28.4. The van der Waals surface area contributed by atoms with Crippen LogP contribution in [-0.4, -0.2) is 257 Å². The van der Waals surface area contributed by atoms with Crippen LogP contribution in [0.1, 0.15) is 117 Å². The zero-order valence-corrected chi connectivity index (χ0v) is 47.8. The monoisotopic (exact) mass is 1200 g/mol. The molecule has 17 N–H and O–H groups in total. The fourth-order valence-corrected chi connectivity index (χ4v) is 9.43. The van der Waals surface area contributed by atoms with Crippen molar-refractivity contribution < 1.29 is 113 Å². The van der Waals surface area contributed by atoms with Gasteiger partial charge in [0, 0.05) is 80.0 Å². The van der Waals surface area contributed by atoms with Crippen LogP contribution in [0.3, 0.4) is 0 Å². The topological polar surface area (TPSA) is 470 Å². The molecule has 31 heteroatoms. The highest BCUT2D eigenvalue weighted by molar-refractivity contribution is 5.92. The fourth-order valence-electron chi connectivity index (χ4n) is 9.43. The van der Waals surface area contributed by atoms with Crippen LogP contribution >= 0.6 is 0 Å². The molecular weight excluding hydrogens is 1100 g/mol. The second-order valence-electron chi connectivity index (χ2n) is 20.8. The van der Waals surface area contributed by atoms with Crippen LogP contribution < -0.4 is 42.5 Å². The minimum atomic E-state index is -1.51. The largest absolute Gasteiger partial charge is 0.394 e. The van der Waals surface area contributed by atoms with Gasteiger partial charge in [0.15, 0.2) is 18.9 Å². The van der Waals surface area contributed by atoms with E-state index in [1.807, 2.05) is 0 Å². The van der Waals surface area contributed by atoms with Crippen molar-refractivity contribution in [1.29, 1.82) is 0 Å². The molecule has 0 radical (unpaired) electrons. The first-order chi connectivity index (χ1) is 39.6. The summed E-state index contributed by atoms with van der Waals surface area (Å²) >= 11 is 0. The van der Waals surface area contributed by atoms with Crippen molar-refractivity contribution in [3.8, 4) is 0 Å². The summed E-state index contributed by atoms with van der Waals surface area (Å²) in [7, 11) is 1.40. The maximum Gasteiger partial charge on any atom is 0.243 e. The summed E-state index contributed by atoms with van der Waals surface area (Å²) in [5.74, 6) is -3.68. The van der Waals surface area contributed by atoms with E-state index in [1.165, 1.54) is 27.8 Å². The highest BCUT2D eigenvalue weighted by Gasteiger charge is 2.48. The molecule has 0 saturated carbocycles. The molecule has 3 rings (SSSR count). The summed E-state index contributed by atoms with van der Waals surface area (Å²) in [6.07, 6.45) is -11.7. The van der Waals surface area contributed by atoms with Gasteiger partial charge in [-0.1, -0.05) is 0 Å². The Morgan fingerprint density at radius 3 is 1.06 bits per heavy atom. The van der Waals surface area contributed by atoms with Crippen molar-refractivity contribution in [2.24, 2.45) is 0 Å². The third kappa shape index (κ3) is 25.3. The molecule has 0 bridgehead atoms. The van der Waals surface area contributed by atoms with Gasteiger partial charge in [-0.3, -0.25) is 38.4 Å². The maximum absolute atomic E-state index is 13.9. The molecule has 0 spiro atoms. The minimum Gasteiger partial charge on any atom is -0.394 e. The zero-order valence-electron chi connectivity index (χ0n) is 47.8. The van der Waals surface area contributed by atoms with E-state index in [9.17, 15) is 84.3 Å². The van der Waals surface area contributed by atoms with Gasteiger partial charge in [-0.25, -0.2) is 0 Å². The number of ether oxygens (including phenoxy) is 6. The van der Waals surface area contributed by atoms with Crippen molar-refractivity contribution in [2.45, 2.75) is 221 Å². The van der Waals surface area contributed by atoms with E-state index in [4.69, 9.17) is 28.4 Å².